The van der Waals surface area contributed by atoms with Gasteiger partial charge in [-0.05, 0) is 64.2 Å². The van der Waals surface area contributed by atoms with E-state index < -0.39 is 12.1 Å². The molecule has 2 unspecified atom stereocenters. The SMILES string of the molecule is CCCCC/C=C\C/C=C\CCCCCCCCCC(=O)NC(CO)C(O)/C=C/CC/C=C/CCCCCCCCCCCC. The minimum absolute atomic E-state index is 0.0843. The van der Waals surface area contributed by atoms with Gasteiger partial charge in [-0.2, -0.15) is 0 Å². The molecule has 0 saturated carbocycles. The molecule has 0 radical (unpaired) electrons. The Balaban J connectivity index is 3.68. The van der Waals surface area contributed by atoms with Gasteiger partial charge < -0.3 is 15.5 Å². The molecule has 0 aromatic heterocycles. The van der Waals surface area contributed by atoms with Gasteiger partial charge in [-0.1, -0.05) is 165 Å². The molecule has 0 aliphatic heterocycles. The Hall–Kier alpha value is -1.65. The van der Waals surface area contributed by atoms with E-state index in [1.807, 2.05) is 6.08 Å². The summed E-state index contributed by atoms with van der Waals surface area (Å²) in [6, 6.07) is -0.642. The highest BCUT2D eigenvalue weighted by Gasteiger charge is 2.17. The summed E-state index contributed by atoms with van der Waals surface area (Å²) in [5.41, 5.74) is 0. The quantitative estimate of drug-likeness (QED) is 0.0490. The molecule has 4 heteroatoms. The van der Waals surface area contributed by atoms with Crippen molar-refractivity contribution >= 4 is 5.91 Å². The molecule has 0 aliphatic rings. The van der Waals surface area contributed by atoms with Crippen LogP contribution in [0.25, 0.3) is 0 Å². The number of unbranched alkanes of at least 4 members (excludes halogenated alkanes) is 21. The molecule has 0 aromatic rings. The van der Waals surface area contributed by atoms with Gasteiger partial charge in [-0.25, -0.2) is 0 Å². The second kappa shape index (κ2) is 36.8. The lowest BCUT2D eigenvalue weighted by Gasteiger charge is -2.19. The smallest absolute Gasteiger partial charge is 0.220 e. The van der Waals surface area contributed by atoms with Crippen LogP contribution >= 0.6 is 0 Å². The fraction of sp³-hybridized carbons (Fsp3) is 0.780. The minimum atomic E-state index is -0.864. The predicted octanol–water partition coefficient (Wildman–Crippen LogP) is 11.6. The summed E-state index contributed by atoms with van der Waals surface area (Å²) in [6.07, 6.45) is 49.1. The number of allylic oxidation sites excluding steroid dienone is 7. The molecule has 2 atom stereocenters. The Kier molecular flexibility index (Phi) is 35.5. The minimum Gasteiger partial charge on any atom is -0.394 e. The van der Waals surface area contributed by atoms with Crippen LogP contribution in [0.15, 0.2) is 48.6 Å². The van der Waals surface area contributed by atoms with Crippen LogP contribution in [-0.4, -0.2) is 34.9 Å². The van der Waals surface area contributed by atoms with E-state index >= 15 is 0 Å². The molecule has 0 spiro atoms. The van der Waals surface area contributed by atoms with Gasteiger partial charge in [0.05, 0.1) is 18.8 Å². The third-order valence-corrected chi connectivity index (χ3v) is 8.53. The van der Waals surface area contributed by atoms with Crippen molar-refractivity contribution in [2.45, 2.75) is 199 Å². The predicted molar refractivity (Wildman–Crippen MR) is 198 cm³/mol. The van der Waals surface area contributed by atoms with E-state index in [1.165, 1.54) is 122 Å². The standard InChI is InChI=1S/C41H75NO3/c1-3-5-7-9-11-13-15-17-19-21-23-25-27-29-31-33-35-37-41(45)42-39(38-43)40(44)36-34-32-30-28-26-24-22-20-18-16-14-12-10-8-6-4-2/h11,13,17,19,26,28,34,36,39-40,43-44H,3-10,12,14-16,18,20-25,27,29-33,35,37-38H2,1-2H3,(H,42,45)/b13-11-,19-17-,28-26+,36-34+. The highest BCUT2D eigenvalue weighted by Crippen LogP contribution is 2.13. The van der Waals surface area contributed by atoms with Crippen molar-refractivity contribution in [3.63, 3.8) is 0 Å². The Bertz CT molecular complexity index is 726. The summed E-state index contributed by atoms with van der Waals surface area (Å²) in [5, 5.41) is 22.9. The number of hydrogen-bond acceptors (Lipinski definition) is 3. The lowest BCUT2D eigenvalue weighted by Crippen LogP contribution is -2.45. The van der Waals surface area contributed by atoms with Crippen LogP contribution in [0.4, 0.5) is 0 Å². The van der Waals surface area contributed by atoms with Gasteiger partial charge in [-0.3, -0.25) is 4.79 Å². The summed E-state index contributed by atoms with van der Waals surface area (Å²) >= 11 is 0. The molecule has 262 valence electrons. The van der Waals surface area contributed by atoms with Crippen molar-refractivity contribution in [1.29, 1.82) is 0 Å². The average Bonchev–Trinajstić information content (AvgIpc) is 3.04. The van der Waals surface area contributed by atoms with E-state index in [0.717, 1.165) is 44.9 Å². The number of carbonyl (C=O) groups is 1. The van der Waals surface area contributed by atoms with Crippen LogP contribution in [0.1, 0.15) is 187 Å². The molecule has 0 aliphatic carbocycles. The van der Waals surface area contributed by atoms with E-state index in [4.69, 9.17) is 0 Å². The zero-order valence-electron chi connectivity index (χ0n) is 29.9. The van der Waals surface area contributed by atoms with Gasteiger partial charge in [0.25, 0.3) is 0 Å². The second-order valence-corrected chi connectivity index (χ2v) is 13.0. The first kappa shape index (κ1) is 43.4. The highest BCUT2D eigenvalue weighted by atomic mass is 16.3. The normalized spacial score (nSPS) is 13.6. The molecule has 0 heterocycles. The molecule has 4 nitrogen and oxygen atoms in total. The van der Waals surface area contributed by atoms with Crippen molar-refractivity contribution in [3.05, 3.63) is 48.6 Å². The summed E-state index contributed by atoms with van der Waals surface area (Å²) < 4.78 is 0. The summed E-state index contributed by atoms with van der Waals surface area (Å²) in [5.74, 6) is -0.0843. The molecule has 0 bridgehead atoms. The lowest BCUT2D eigenvalue weighted by molar-refractivity contribution is -0.123. The van der Waals surface area contributed by atoms with Gasteiger partial charge in [0.1, 0.15) is 0 Å². The van der Waals surface area contributed by atoms with Gasteiger partial charge in [0.15, 0.2) is 0 Å². The maximum absolute atomic E-state index is 12.3. The van der Waals surface area contributed by atoms with Crippen molar-refractivity contribution in [2.75, 3.05) is 6.61 Å². The van der Waals surface area contributed by atoms with Gasteiger partial charge in [-0.15, -0.1) is 0 Å². The van der Waals surface area contributed by atoms with Crippen LogP contribution < -0.4 is 5.32 Å². The fourth-order valence-electron chi connectivity index (χ4n) is 5.52. The van der Waals surface area contributed by atoms with Crippen molar-refractivity contribution in [2.24, 2.45) is 0 Å². The van der Waals surface area contributed by atoms with Gasteiger partial charge >= 0.3 is 0 Å². The van der Waals surface area contributed by atoms with Gasteiger partial charge in [0, 0.05) is 6.42 Å². The maximum atomic E-state index is 12.3. The molecule has 0 rings (SSSR count). The fourth-order valence-corrected chi connectivity index (χ4v) is 5.52. The number of aliphatic hydroxyl groups is 2. The number of aliphatic hydroxyl groups excluding tert-OH is 2. The Labute approximate surface area is 280 Å². The number of rotatable bonds is 34. The molecular weight excluding hydrogens is 554 g/mol. The molecule has 3 N–H and O–H groups in total. The van der Waals surface area contributed by atoms with Crippen molar-refractivity contribution in [1.82, 2.24) is 5.32 Å². The number of amides is 1. The number of carbonyl (C=O) groups excluding carboxylic acids is 1. The van der Waals surface area contributed by atoms with E-state index in [1.54, 1.807) is 6.08 Å². The first-order chi connectivity index (χ1) is 22.2. The molecule has 45 heavy (non-hydrogen) atoms. The summed E-state index contributed by atoms with van der Waals surface area (Å²) in [7, 11) is 0. The number of nitrogens with one attached hydrogen (secondary N) is 1. The lowest BCUT2D eigenvalue weighted by atomic mass is 10.1. The van der Waals surface area contributed by atoms with E-state index in [-0.39, 0.29) is 12.5 Å². The highest BCUT2D eigenvalue weighted by molar-refractivity contribution is 5.76. The molecule has 0 aromatic carbocycles. The van der Waals surface area contributed by atoms with Crippen LogP contribution in [0, 0.1) is 0 Å². The molecule has 1 amide bonds. The third-order valence-electron chi connectivity index (χ3n) is 8.53. The summed E-state index contributed by atoms with van der Waals surface area (Å²) in [6.45, 7) is 4.25. The zero-order chi connectivity index (χ0) is 32.9. The first-order valence-corrected chi connectivity index (χ1v) is 19.4. The topological polar surface area (TPSA) is 69.6 Å². The van der Waals surface area contributed by atoms with E-state index in [2.05, 4.69) is 55.6 Å². The molecule has 0 saturated heterocycles. The first-order valence-electron chi connectivity index (χ1n) is 19.4. The summed E-state index contributed by atoms with van der Waals surface area (Å²) in [4.78, 5) is 12.3. The van der Waals surface area contributed by atoms with Gasteiger partial charge in [0.2, 0.25) is 5.91 Å². The molecular formula is C41H75NO3. The number of hydrogen-bond donors (Lipinski definition) is 3. The van der Waals surface area contributed by atoms with Crippen molar-refractivity contribution < 1.29 is 15.0 Å². The van der Waals surface area contributed by atoms with Crippen LogP contribution in [0.5, 0.6) is 0 Å². The Morgan fingerprint density at radius 2 is 0.933 bits per heavy atom. The van der Waals surface area contributed by atoms with Crippen LogP contribution in [-0.2, 0) is 4.79 Å². The third kappa shape index (κ3) is 33.5. The monoisotopic (exact) mass is 630 g/mol. The largest absolute Gasteiger partial charge is 0.394 e. The second-order valence-electron chi connectivity index (χ2n) is 13.0. The Morgan fingerprint density at radius 1 is 0.533 bits per heavy atom. The average molecular weight is 630 g/mol. The van der Waals surface area contributed by atoms with Crippen molar-refractivity contribution in [3.8, 4) is 0 Å². The van der Waals surface area contributed by atoms with Crippen LogP contribution in [0.3, 0.4) is 0 Å². The van der Waals surface area contributed by atoms with Crippen LogP contribution in [0.2, 0.25) is 0 Å². The maximum Gasteiger partial charge on any atom is 0.220 e. The zero-order valence-corrected chi connectivity index (χ0v) is 29.9. The van der Waals surface area contributed by atoms with E-state index in [0.29, 0.717) is 6.42 Å². The molecule has 0 fully saturated rings. The Morgan fingerprint density at radius 3 is 1.47 bits per heavy atom. The van der Waals surface area contributed by atoms with E-state index in [9.17, 15) is 15.0 Å².